The van der Waals surface area contributed by atoms with Gasteiger partial charge in [-0.05, 0) is 64.4 Å². The standard InChI is InChI=1S/C32H20N2S/c1-2-6-23(7-3-1)34-29-9-5-4-8-25(29)27-18-21(12-15-30(27)34)22-11-13-24-26-14-10-20-16-17-35-32(20)31(26)33-28(24)19-22/h1-19,33H. The first-order valence-electron chi connectivity index (χ1n) is 11.9. The molecule has 1 N–H and O–H groups in total. The van der Waals surface area contributed by atoms with Crippen molar-refractivity contribution in [3.63, 3.8) is 0 Å². The molecule has 35 heavy (non-hydrogen) atoms. The van der Waals surface area contributed by atoms with Crippen LogP contribution in [0.25, 0.3) is 70.5 Å². The molecule has 3 aromatic heterocycles. The lowest BCUT2D eigenvalue weighted by atomic mass is 10.0. The Morgan fingerprint density at radius 1 is 0.571 bits per heavy atom. The number of aromatic amines is 1. The van der Waals surface area contributed by atoms with Crippen LogP contribution in [0.1, 0.15) is 0 Å². The molecule has 0 aliphatic heterocycles. The van der Waals surface area contributed by atoms with Gasteiger partial charge in [0.15, 0.2) is 0 Å². The summed E-state index contributed by atoms with van der Waals surface area (Å²) < 4.78 is 3.69. The molecule has 2 nitrogen and oxygen atoms in total. The Hall–Kier alpha value is -4.34. The minimum Gasteiger partial charge on any atom is -0.353 e. The van der Waals surface area contributed by atoms with Crippen molar-refractivity contribution in [3.8, 4) is 16.8 Å². The lowest BCUT2D eigenvalue weighted by Crippen LogP contribution is -1.92. The van der Waals surface area contributed by atoms with E-state index in [1.807, 2.05) is 0 Å². The average Bonchev–Trinajstić information content (AvgIpc) is 3.62. The van der Waals surface area contributed by atoms with Crippen LogP contribution in [-0.2, 0) is 0 Å². The number of nitrogens with zero attached hydrogens (tertiary/aromatic N) is 1. The van der Waals surface area contributed by atoms with E-state index in [-0.39, 0.29) is 0 Å². The van der Waals surface area contributed by atoms with Gasteiger partial charge in [0.25, 0.3) is 0 Å². The molecule has 3 heteroatoms. The number of aromatic nitrogens is 2. The Morgan fingerprint density at radius 3 is 2.29 bits per heavy atom. The Labute approximate surface area is 205 Å². The maximum Gasteiger partial charge on any atom is 0.0646 e. The molecule has 0 saturated heterocycles. The number of para-hydroxylation sites is 2. The SMILES string of the molecule is c1ccc(-n2c3ccccc3c3cc(-c4ccc5c(c4)[nH]c4c5ccc5ccsc54)ccc32)cc1. The van der Waals surface area contributed by atoms with Crippen LogP contribution in [-0.4, -0.2) is 9.55 Å². The molecule has 0 aliphatic rings. The van der Waals surface area contributed by atoms with Gasteiger partial charge in [0.1, 0.15) is 0 Å². The Morgan fingerprint density at radius 2 is 1.34 bits per heavy atom. The average molecular weight is 465 g/mol. The predicted molar refractivity (Wildman–Crippen MR) is 151 cm³/mol. The van der Waals surface area contributed by atoms with E-state index in [1.165, 1.54) is 70.5 Å². The fourth-order valence-electron chi connectivity index (χ4n) is 5.59. The van der Waals surface area contributed by atoms with Gasteiger partial charge in [-0.15, -0.1) is 11.3 Å². The monoisotopic (exact) mass is 464 g/mol. The summed E-state index contributed by atoms with van der Waals surface area (Å²) in [6.45, 7) is 0. The third-order valence-corrected chi connectivity index (χ3v) is 8.16. The number of rotatable bonds is 2. The van der Waals surface area contributed by atoms with Crippen LogP contribution in [0.15, 0.2) is 115 Å². The highest BCUT2D eigenvalue weighted by molar-refractivity contribution is 7.18. The van der Waals surface area contributed by atoms with E-state index in [9.17, 15) is 0 Å². The molecule has 0 bridgehead atoms. The van der Waals surface area contributed by atoms with Crippen LogP contribution in [0, 0.1) is 0 Å². The molecule has 0 atom stereocenters. The minimum absolute atomic E-state index is 1.19. The van der Waals surface area contributed by atoms with E-state index in [2.05, 4.69) is 124 Å². The molecule has 0 saturated carbocycles. The Balaban J connectivity index is 1.35. The first kappa shape index (κ1) is 19.0. The van der Waals surface area contributed by atoms with E-state index in [0.717, 1.165) is 0 Å². The van der Waals surface area contributed by atoms with Crippen LogP contribution in [0.2, 0.25) is 0 Å². The lowest BCUT2D eigenvalue weighted by Gasteiger charge is -2.08. The van der Waals surface area contributed by atoms with Gasteiger partial charge in [-0.1, -0.05) is 66.7 Å². The number of hydrogen-bond donors (Lipinski definition) is 1. The van der Waals surface area contributed by atoms with E-state index >= 15 is 0 Å². The maximum absolute atomic E-state index is 3.72. The van der Waals surface area contributed by atoms with Gasteiger partial charge in [0.2, 0.25) is 0 Å². The highest BCUT2D eigenvalue weighted by atomic mass is 32.1. The van der Waals surface area contributed by atoms with Crippen LogP contribution in [0.3, 0.4) is 0 Å². The Kier molecular flexibility index (Phi) is 3.85. The lowest BCUT2D eigenvalue weighted by molar-refractivity contribution is 1.18. The van der Waals surface area contributed by atoms with Crippen molar-refractivity contribution in [1.82, 2.24) is 9.55 Å². The highest BCUT2D eigenvalue weighted by Gasteiger charge is 2.14. The van der Waals surface area contributed by atoms with Crippen molar-refractivity contribution in [2.45, 2.75) is 0 Å². The molecule has 5 aromatic carbocycles. The van der Waals surface area contributed by atoms with E-state index in [0.29, 0.717) is 0 Å². The highest BCUT2D eigenvalue weighted by Crippen LogP contribution is 2.38. The summed E-state index contributed by atoms with van der Waals surface area (Å²) in [5.41, 5.74) is 8.53. The molecule has 0 unspecified atom stereocenters. The van der Waals surface area contributed by atoms with Gasteiger partial charge in [-0.25, -0.2) is 0 Å². The van der Waals surface area contributed by atoms with Gasteiger partial charge in [0, 0.05) is 32.7 Å². The number of fused-ring (bicyclic) bond motifs is 8. The number of hydrogen-bond acceptors (Lipinski definition) is 1. The van der Waals surface area contributed by atoms with Gasteiger partial charge in [-0.2, -0.15) is 0 Å². The summed E-state index contributed by atoms with van der Waals surface area (Å²) >= 11 is 1.80. The van der Waals surface area contributed by atoms with Gasteiger partial charge in [0.05, 0.1) is 21.3 Å². The number of benzene rings is 5. The molecule has 164 valence electrons. The van der Waals surface area contributed by atoms with Crippen molar-refractivity contribution in [2.75, 3.05) is 0 Å². The quantitative estimate of drug-likeness (QED) is 0.263. The third kappa shape index (κ3) is 2.70. The topological polar surface area (TPSA) is 20.7 Å². The van der Waals surface area contributed by atoms with Gasteiger partial charge < -0.3 is 9.55 Å². The summed E-state index contributed by atoms with van der Waals surface area (Å²) in [6, 6.07) is 39.7. The van der Waals surface area contributed by atoms with Crippen LogP contribution >= 0.6 is 11.3 Å². The zero-order valence-electron chi connectivity index (χ0n) is 18.8. The van der Waals surface area contributed by atoms with Crippen molar-refractivity contribution in [2.24, 2.45) is 0 Å². The largest absolute Gasteiger partial charge is 0.353 e. The molecular formula is C32H20N2S. The van der Waals surface area contributed by atoms with Gasteiger partial charge >= 0.3 is 0 Å². The van der Waals surface area contributed by atoms with E-state index < -0.39 is 0 Å². The smallest absolute Gasteiger partial charge is 0.0646 e. The summed E-state index contributed by atoms with van der Waals surface area (Å²) in [5, 5.41) is 8.60. The summed E-state index contributed by atoms with van der Waals surface area (Å²) in [5.74, 6) is 0. The number of H-pyrrole nitrogens is 1. The van der Waals surface area contributed by atoms with Crippen molar-refractivity contribution >= 4 is 65.0 Å². The van der Waals surface area contributed by atoms with Crippen molar-refractivity contribution < 1.29 is 0 Å². The molecule has 0 fully saturated rings. The first-order chi connectivity index (χ1) is 17.3. The van der Waals surface area contributed by atoms with Gasteiger partial charge in [-0.3, -0.25) is 0 Å². The molecule has 3 heterocycles. The first-order valence-corrected chi connectivity index (χ1v) is 12.7. The zero-order chi connectivity index (χ0) is 22.9. The second-order valence-corrected chi connectivity index (χ2v) is 10.0. The zero-order valence-corrected chi connectivity index (χ0v) is 19.6. The van der Waals surface area contributed by atoms with Crippen molar-refractivity contribution in [1.29, 1.82) is 0 Å². The maximum atomic E-state index is 3.72. The fourth-order valence-corrected chi connectivity index (χ4v) is 6.49. The molecule has 0 amide bonds. The summed E-state index contributed by atoms with van der Waals surface area (Å²) in [4.78, 5) is 3.72. The second-order valence-electron chi connectivity index (χ2n) is 9.13. The van der Waals surface area contributed by atoms with Crippen LogP contribution in [0.5, 0.6) is 0 Å². The fraction of sp³-hybridized carbons (Fsp3) is 0. The molecule has 0 aliphatic carbocycles. The molecule has 8 rings (SSSR count). The number of nitrogens with one attached hydrogen (secondary N) is 1. The third-order valence-electron chi connectivity index (χ3n) is 7.21. The van der Waals surface area contributed by atoms with E-state index in [4.69, 9.17) is 0 Å². The molecular weight excluding hydrogens is 444 g/mol. The van der Waals surface area contributed by atoms with Crippen molar-refractivity contribution in [3.05, 3.63) is 115 Å². The van der Waals surface area contributed by atoms with Crippen LogP contribution < -0.4 is 0 Å². The number of thiophene rings is 1. The molecule has 8 aromatic rings. The molecule has 0 spiro atoms. The summed E-state index contributed by atoms with van der Waals surface area (Å²) in [7, 11) is 0. The normalized spacial score (nSPS) is 12.0. The predicted octanol–water partition coefficient (Wildman–Crippen LogP) is 9.30. The van der Waals surface area contributed by atoms with Crippen LogP contribution in [0.4, 0.5) is 0 Å². The minimum atomic E-state index is 1.19. The summed E-state index contributed by atoms with van der Waals surface area (Å²) in [6.07, 6.45) is 0. The Bertz CT molecular complexity index is 2050. The second kappa shape index (κ2) is 7.08. The molecule has 0 radical (unpaired) electrons. The van der Waals surface area contributed by atoms with E-state index in [1.54, 1.807) is 11.3 Å².